The topological polar surface area (TPSA) is 9.86 Å². The Morgan fingerprint density at radius 2 is 0.941 bits per heavy atom. The zero-order chi connectivity index (χ0) is 34.3. The van der Waals surface area contributed by atoms with Gasteiger partial charge in [-0.15, -0.1) is 0 Å². The van der Waals surface area contributed by atoms with Crippen molar-refractivity contribution in [2.24, 2.45) is 0 Å². The molecule has 9 aromatic rings. The molecular weight excluding hydrogens is 617 g/mol. The van der Waals surface area contributed by atoms with E-state index in [0.717, 1.165) is 22.5 Å². The average molecular weight is 653 g/mol. The Hall–Kier alpha value is -6.64. The largest absolute Gasteiger partial charge is 0.313 e. The fourth-order valence-electron chi connectivity index (χ4n) is 7.59. The molecule has 7 aromatic carbocycles. The van der Waals surface area contributed by atoms with Gasteiger partial charge >= 0.3 is 0 Å². The average Bonchev–Trinajstić information content (AvgIpc) is 3.71. The smallest absolute Gasteiger partial charge is 0.0541 e. The molecule has 0 spiro atoms. The van der Waals surface area contributed by atoms with Gasteiger partial charge in [-0.3, -0.25) is 0 Å². The molecule has 2 nitrogen and oxygen atoms in total. The van der Waals surface area contributed by atoms with E-state index >= 15 is 0 Å². The summed E-state index contributed by atoms with van der Waals surface area (Å²) in [6, 6.07) is 61.2. The highest BCUT2D eigenvalue weighted by Gasteiger charge is 2.16. The summed E-state index contributed by atoms with van der Waals surface area (Å²) in [5.74, 6) is 0. The second kappa shape index (κ2) is 12.7. The molecule has 0 fully saturated rings. The maximum Gasteiger partial charge on any atom is 0.0541 e. The van der Waals surface area contributed by atoms with Gasteiger partial charge in [-0.05, 0) is 94.9 Å². The Bertz CT molecular complexity index is 2790. The van der Waals surface area contributed by atoms with Crippen molar-refractivity contribution in [3.8, 4) is 27.9 Å². The van der Waals surface area contributed by atoms with Crippen molar-refractivity contribution < 1.29 is 0 Å². The van der Waals surface area contributed by atoms with Crippen LogP contribution in [0.2, 0.25) is 0 Å². The molecule has 0 radical (unpaired) electrons. The van der Waals surface area contributed by atoms with E-state index in [1.165, 1.54) is 65.9 Å². The second-order valence-electron chi connectivity index (χ2n) is 13.1. The predicted molar refractivity (Wildman–Crippen MR) is 219 cm³/mol. The molecule has 242 valence electrons. The molecule has 0 unspecified atom stereocenters. The van der Waals surface area contributed by atoms with E-state index in [0.29, 0.717) is 0 Å². The summed E-state index contributed by atoms with van der Waals surface area (Å²) in [4.78, 5) is 0. The van der Waals surface area contributed by atoms with Crippen molar-refractivity contribution in [3.63, 3.8) is 0 Å². The molecule has 9 rings (SSSR count). The van der Waals surface area contributed by atoms with Crippen molar-refractivity contribution in [3.05, 3.63) is 200 Å². The molecular formula is C49H36N2. The van der Waals surface area contributed by atoms with Gasteiger partial charge in [0, 0.05) is 32.9 Å². The number of hydrogen-bond acceptors (Lipinski definition) is 0. The molecule has 2 heterocycles. The van der Waals surface area contributed by atoms with Gasteiger partial charge in [-0.2, -0.15) is 0 Å². The van der Waals surface area contributed by atoms with Crippen LogP contribution in [0.4, 0.5) is 0 Å². The summed E-state index contributed by atoms with van der Waals surface area (Å²) in [6.07, 6.45) is 6.28. The van der Waals surface area contributed by atoms with Crippen LogP contribution in [-0.4, -0.2) is 9.13 Å². The molecule has 2 aromatic heterocycles. The normalized spacial score (nSPS) is 12.3. The Kier molecular flexibility index (Phi) is 7.56. The summed E-state index contributed by atoms with van der Waals surface area (Å²) >= 11 is 0. The first kappa shape index (κ1) is 30.4. The third-order valence-electron chi connectivity index (χ3n) is 10.1. The summed E-state index contributed by atoms with van der Waals surface area (Å²) in [5.41, 5.74) is 14.2. The highest BCUT2D eigenvalue weighted by atomic mass is 15.0. The number of nitrogens with zero attached hydrogens (tertiary/aromatic N) is 2. The van der Waals surface area contributed by atoms with Crippen LogP contribution in [0.15, 0.2) is 195 Å². The van der Waals surface area contributed by atoms with Crippen molar-refractivity contribution in [1.29, 1.82) is 0 Å². The minimum Gasteiger partial charge on any atom is -0.313 e. The quantitative estimate of drug-likeness (QED) is 0.152. The highest BCUT2D eigenvalue weighted by molar-refractivity contribution is 6.13. The summed E-state index contributed by atoms with van der Waals surface area (Å²) in [5, 5.41) is 4.99. The van der Waals surface area contributed by atoms with E-state index in [2.05, 4.69) is 199 Å². The summed E-state index contributed by atoms with van der Waals surface area (Å²) in [7, 11) is 0. The van der Waals surface area contributed by atoms with Crippen LogP contribution < -0.4 is 0 Å². The first-order valence-corrected chi connectivity index (χ1v) is 17.5. The van der Waals surface area contributed by atoms with Gasteiger partial charge in [0.2, 0.25) is 0 Å². The molecule has 51 heavy (non-hydrogen) atoms. The van der Waals surface area contributed by atoms with E-state index < -0.39 is 0 Å². The lowest BCUT2D eigenvalue weighted by Gasteiger charge is -2.10. The van der Waals surface area contributed by atoms with Crippen LogP contribution in [-0.2, 0) is 0 Å². The number of rotatable bonds is 7. The SMILES string of the molecule is C=C/C(=C\C=C(/C)n1c2ccccc2c2cc(-c3ccc4c(c3)c3ccccc3n4-c3ccc(-c4ccccc4)cc3)ccc21)c1ccccc1. The van der Waals surface area contributed by atoms with Crippen LogP contribution in [0.1, 0.15) is 12.5 Å². The number of hydrogen-bond donors (Lipinski definition) is 0. The number of para-hydroxylation sites is 2. The third-order valence-corrected chi connectivity index (χ3v) is 10.1. The lowest BCUT2D eigenvalue weighted by Crippen LogP contribution is -1.94. The number of aromatic nitrogens is 2. The van der Waals surface area contributed by atoms with Gasteiger partial charge in [-0.1, -0.05) is 140 Å². The lowest BCUT2D eigenvalue weighted by molar-refractivity contribution is 1.18. The summed E-state index contributed by atoms with van der Waals surface area (Å²) < 4.78 is 4.76. The first-order valence-electron chi connectivity index (χ1n) is 17.5. The Morgan fingerprint density at radius 3 is 1.63 bits per heavy atom. The molecule has 0 saturated heterocycles. The zero-order valence-corrected chi connectivity index (χ0v) is 28.5. The fraction of sp³-hybridized carbons (Fsp3) is 0.0204. The van der Waals surface area contributed by atoms with E-state index in [1.54, 1.807) is 0 Å². The molecule has 0 N–H and O–H groups in total. The van der Waals surface area contributed by atoms with Crippen LogP contribution in [0.25, 0.3) is 82.8 Å². The third kappa shape index (κ3) is 5.29. The second-order valence-corrected chi connectivity index (χ2v) is 13.1. The van der Waals surface area contributed by atoms with Crippen molar-refractivity contribution in [2.45, 2.75) is 6.92 Å². The minimum atomic E-state index is 1.10. The number of fused-ring (bicyclic) bond motifs is 6. The maximum absolute atomic E-state index is 4.08. The van der Waals surface area contributed by atoms with Gasteiger partial charge < -0.3 is 9.13 Å². The number of benzene rings is 7. The maximum atomic E-state index is 4.08. The lowest BCUT2D eigenvalue weighted by atomic mass is 10.0. The Morgan fingerprint density at radius 1 is 0.451 bits per heavy atom. The van der Waals surface area contributed by atoms with Crippen LogP contribution >= 0.6 is 0 Å². The van der Waals surface area contributed by atoms with Crippen molar-refractivity contribution in [1.82, 2.24) is 9.13 Å². The molecule has 0 atom stereocenters. The fourth-order valence-corrected chi connectivity index (χ4v) is 7.59. The Labute approximate surface area is 298 Å². The van der Waals surface area contributed by atoms with E-state index in [-0.39, 0.29) is 0 Å². The monoisotopic (exact) mass is 652 g/mol. The van der Waals surface area contributed by atoms with Gasteiger partial charge in [0.25, 0.3) is 0 Å². The van der Waals surface area contributed by atoms with Gasteiger partial charge in [0.1, 0.15) is 0 Å². The molecule has 0 amide bonds. The predicted octanol–water partition coefficient (Wildman–Crippen LogP) is 13.4. The molecule has 0 saturated carbocycles. The standard InChI is InChI=1S/C49H36N2/c1-3-35(36-14-6-4-7-15-36)23-22-34(2)50-46-20-12-10-18-42(46)44-32-39(26-30-48(44)50)40-27-31-49-45(33-40)43-19-11-13-21-47(43)51(49)41-28-24-38(25-29-41)37-16-8-5-9-17-37/h3-33H,1H2,2H3/b34-22+,35-23+. The van der Waals surface area contributed by atoms with Gasteiger partial charge in [0.15, 0.2) is 0 Å². The molecule has 0 aliphatic heterocycles. The van der Waals surface area contributed by atoms with Gasteiger partial charge in [-0.25, -0.2) is 0 Å². The van der Waals surface area contributed by atoms with Crippen molar-refractivity contribution >= 4 is 54.9 Å². The van der Waals surface area contributed by atoms with E-state index in [4.69, 9.17) is 0 Å². The first-order chi connectivity index (χ1) is 25.2. The zero-order valence-electron chi connectivity index (χ0n) is 28.5. The molecule has 0 aliphatic carbocycles. The van der Waals surface area contributed by atoms with Crippen LogP contribution in [0.5, 0.6) is 0 Å². The molecule has 0 bridgehead atoms. The van der Waals surface area contributed by atoms with E-state index in [1.807, 2.05) is 12.1 Å². The minimum absolute atomic E-state index is 1.10. The Balaban J connectivity index is 1.14. The summed E-state index contributed by atoms with van der Waals surface area (Å²) in [6.45, 7) is 6.26. The van der Waals surface area contributed by atoms with Gasteiger partial charge in [0.05, 0.1) is 22.1 Å². The van der Waals surface area contributed by atoms with Crippen LogP contribution in [0.3, 0.4) is 0 Å². The molecule has 0 aliphatic rings. The van der Waals surface area contributed by atoms with Crippen molar-refractivity contribution in [2.75, 3.05) is 0 Å². The highest BCUT2D eigenvalue weighted by Crippen LogP contribution is 2.38. The molecule has 2 heteroatoms. The van der Waals surface area contributed by atoms with E-state index in [9.17, 15) is 0 Å². The number of allylic oxidation sites excluding steroid dienone is 5. The van der Waals surface area contributed by atoms with Crippen LogP contribution in [0, 0.1) is 0 Å².